The number of anilines is 2. The van der Waals surface area contributed by atoms with Crippen LogP contribution in [-0.4, -0.2) is 57.3 Å². The van der Waals surface area contributed by atoms with E-state index in [0.717, 1.165) is 12.4 Å². The zero-order valence-corrected chi connectivity index (χ0v) is 13.9. The molecular formula is C18H22N4O4. The lowest BCUT2D eigenvalue weighted by molar-refractivity contribution is -0.0679. The fourth-order valence-corrected chi connectivity index (χ4v) is 1.98. The molecule has 2 aromatic rings. The van der Waals surface area contributed by atoms with E-state index in [1.165, 1.54) is 0 Å². The van der Waals surface area contributed by atoms with Crippen molar-refractivity contribution in [3.8, 4) is 0 Å². The second kappa shape index (κ2) is 10.3. The molecule has 4 unspecified atom stereocenters. The second-order valence-electron chi connectivity index (χ2n) is 5.47. The van der Waals surface area contributed by atoms with Crippen molar-refractivity contribution in [2.45, 2.75) is 24.4 Å². The molecule has 8 heteroatoms. The zero-order chi connectivity index (χ0) is 18.8. The molecule has 0 radical (unpaired) electrons. The van der Waals surface area contributed by atoms with E-state index in [1.807, 2.05) is 36.4 Å². The summed E-state index contributed by atoms with van der Waals surface area (Å²) in [5.74, 6) is 0. The van der Waals surface area contributed by atoms with Crippen LogP contribution in [0.3, 0.4) is 0 Å². The highest BCUT2D eigenvalue weighted by Gasteiger charge is 2.28. The molecule has 0 saturated carbocycles. The number of aliphatic hydroxyl groups is 4. The number of hydrogen-bond donors (Lipinski definition) is 6. The van der Waals surface area contributed by atoms with Crippen molar-refractivity contribution in [1.29, 1.82) is 0 Å². The van der Waals surface area contributed by atoms with Gasteiger partial charge in [-0.25, -0.2) is 0 Å². The molecule has 138 valence electrons. The van der Waals surface area contributed by atoms with Crippen LogP contribution in [0.25, 0.3) is 0 Å². The molecule has 0 spiro atoms. The Labute approximate surface area is 151 Å². The first kappa shape index (κ1) is 19.5. The molecule has 0 aliphatic heterocycles. The number of nitrogens with zero attached hydrogens (tertiary/aromatic N) is 2. The van der Waals surface area contributed by atoms with Gasteiger partial charge in [0.2, 0.25) is 0 Å². The van der Waals surface area contributed by atoms with Crippen molar-refractivity contribution < 1.29 is 20.4 Å². The summed E-state index contributed by atoms with van der Waals surface area (Å²) >= 11 is 0. The zero-order valence-electron chi connectivity index (χ0n) is 13.9. The van der Waals surface area contributed by atoms with Crippen LogP contribution in [0, 0.1) is 0 Å². The molecule has 0 saturated heterocycles. The fraction of sp³-hybridized carbons (Fsp3) is 0.222. The van der Waals surface area contributed by atoms with Crippen LogP contribution in [0.15, 0.2) is 70.9 Å². The number of para-hydroxylation sites is 2. The first-order chi connectivity index (χ1) is 12.6. The quantitative estimate of drug-likeness (QED) is 0.288. The fourth-order valence-electron chi connectivity index (χ4n) is 1.98. The molecule has 0 aromatic heterocycles. The molecule has 0 aliphatic carbocycles. The van der Waals surface area contributed by atoms with Gasteiger partial charge < -0.3 is 20.4 Å². The highest BCUT2D eigenvalue weighted by atomic mass is 16.4. The molecule has 0 heterocycles. The van der Waals surface area contributed by atoms with Gasteiger partial charge >= 0.3 is 0 Å². The summed E-state index contributed by atoms with van der Waals surface area (Å²) in [6.07, 6.45) is -4.18. The van der Waals surface area contributed by atoms with E-state index in [4.69, 9.17) is 0 Å². The molecule has 0 fully saturated rings. The minimum absolute atomic E-state index is 0.699. The number of hydrogen-bond acceptors (Lipinski definition) is 8. The standard InChI is InChI=1S/C18H22N4O4/c23-15(11-19-21-13-7-3-1-4-8-13)17(25)18(26)16(24)12-20-22-14-9-5-2-6-10-14/h1-12,15-18,21-26H/b19-11-,20-12-. The van der Waals surface area contributed by atoms with Crippen LogP contribution in [0.2, 0.25) is 0 Å². The Morgan fingerprint density at radius 3 is 1.31 bits per heavy atom. The van der Waals surface area contributed by atoms with E-state index < -0.39 is 24.4 Å². The Morgan fingerprint density at radius 2 is 0.962 bits per heavy atom. The summed E-state index contributed by atoms with van der Waals surface area (Å²) in [5, 5.41) is 47.1. The predicted molar refractivity (Wildman–Crippen MR) is 101 cm³/mol. The lowest BCUT2D eigenvalue weighted by Crippen LogP contribution is -2.45. The molecule has 2 aromatic carbocycles. The molecule has 8 nitrogen and oxygen atoms in total. The van der Waals surface area contributed by atoms with Gasteiger partial charge in [-0.15, -0.1) is 0 Å². The third-order valence-electron chi connectivity index (χ3n) is 3.44. The van der Waals surface area contributed by atoms with E-state index in [-0.39, 0.29) is 0 Å². The summed E-state index contributed by atoms with van der Waals surface area (Å²) in [4.78, 5) is 0. The van der Waals surface area contributed by atoms with Crippen LogP contribution < -0.4 is 10.9 Å². The molecule has 0 amide bonds. The number of nitrogens with one attached hydrogen (secondary N) is 2. The van der Waals surface area contributed by atoms with Crippen molar-refractivity contribution in [2.24, 2.45) is 10.2 Å². The van der Waals surface area contributed by atoms with Gasteiger partial charge in [0, 0.05) is 0 Å². The third kappa shape index (κ3) is 6.26. The Bertz CT molecular complexity index is 635. The van der Waals surface area contributed by atoms with Gasteiger partial charge in [-0.1, -0.05) is 36.4 Å². The van der Waals surface area contributed by atoms with Crippen molar-refractivity contribution in [1.82, 2.24) is 0 Å². The van der Waals surface area contributed by atoms with Gasteiger partial charge in [0.25, 0.3) is 0 Å². The maximum atomic E-state index is 9.91. The number of benzene rings is 2. The van der Waals surface area contributed by atoms with E-state index in [1.54, 1.807) is 24.3 Å². The summed E-state index contributed by atoms with van der Waals surface area (Å²) in [6, 6.07) is 18.0. The maximum absolute atomic E-state index is 9.91. The lowest BCUT2D eigenvalue weighted by atomic mass is 10.0. The molecule has 0 bridgehead atoms. The number of hydrazone groups is 2. The van der Waals surface area contributed by atoms with E-state index in [9.17, 15) is 20.4 Å². The van der Waals surface area contributed by atoms with Crippen LogP contribution in [-0.2, 0) is 0 Å². The van der Waals surface area contributed by atoms with E-state index in [0.29, 0.717) is 11.4 Å². The normalized spacial score (nSPS) is 16.3. The van der Waals surface area contributed by atoms with Crippen LogP contribution in [0.1, 0.15) is 0 Å². The first-order valence-electron chi connectivity index (χ1n) is 7.98. The van der Waals surface area contributed by atoms with Gasteiger partial charge in [-0.2, -0.15) is 10.2 Å². The highest BCUT2D eigenvalue weighted by Crippen LogP contribution is 2.07. The second-order valence-corrected chi connectivity index (χ2v) is 5.47. The van der Waals surface area contributed by atoms with Crippen molar-refractivity contribution in [3.63, 3.8) is 0 Å². The monoisotopic (exact) mass is 358 g/mol. The van der Waals surface area contributed by atoms with Gasteiger partial charge in [0.05, 0.1) is 23.8 Å². The highest BCUT2D eigenvalue weighted by molar-refractivity contribution is 5.67. The average molecular weight is 358 g/mol. The maximum Gasteiger partial charge on any atom is 0.119 e. The topological polar surface area (TPSA) is 130 Å². The lowest BCUT2D eigenvalue weighted by Gasteiger charge is -2.22. The molecule has 6 N–H and O–H groups in total. The summed E-state index contributed by atoms with van der Waals surface area (Å²) < 4.78 is 0. The third-order valence-corrected chi connectivity index (χ3v) is 3.44. The van der Waals surface area contributed by atoms with Gasteiger partial charge in [0.15, 0.2) is 0 Å². The molecule has 26 heavy (non-hydrogen) atoms. The van der Waals surface area contributed by atoms with Gasteiger partial charge in [-0.3, -0.25) is 10.9 Å². The number of aliphatic hydroxyl groups excluding tert-OH is 4. The molecular weight excluding hydrogens is 336 g/mol. The summed E-state index contributed by atoms with van der Waals surface area (Å²) in [5.41, 5.74) is 6.74. The van der Waals surface area contributed by atoms with Gasteiger partial charge in [0.1, 0.15) is 24.4 Å². The minimum atomic E-state index is -1.64. The van der Waals surface area contributed by atoms with E-state index >= 15 is 0 Å². The van der Waals surface area contributed by atoms with E-state index in [2.05, 4.69) is 21.1 Å². The van der Waals surface area contributed by atoms with Crippen molar-refractivity contribution in [2.75, 3.05) is 10.9 Å². The van der Waals surface area contributed by atoms with Crippen LogP contribution in [0.4, 0.5) is 11.4 Å². The Morgan fingerprint density at radius 1 is 0.615 bits per heavy atom. The SMILES string of the molecule is OC(/C=N\Nc1ccccc1)C(O)C(O)C(O)/C=N\Nc1ccccc1. The number of rotatable bonds is 9. The molecule has 0 aliphatic rings. The minimum Gasteiger partial charge on any atom is -0.387 e. The largest absolute Gasteiger partial charge is 0.387 e. The van der Waals surface area contributed by atoms with Crippen LogP contribution >= 0.6 is 0 Å². The Kier molecular flexibility index (Phi) is 7.72. The van der Waals surface area contributed by atoms with Crippen molar-refractivity contribution >= 4 is 23.8 Å². The van der Waals surface area contributed by atoms with Crippen LogP contribution in [0.5, 0.6) is 0 Å². The average Bonchev–Trinajstić information content (AvgIpc) is 2.68. The summed E-state index contributed by atoms with van der Waals surface area (Å²) in [6.45, 7) is 0. The predicted octanol–water partition coefficient (Wildman–Crippen LogP) is 0.626. The molecule has 4 atom stereocenters. The van der Waals surface area contributed by atoms with Crippen molar-refractivity contribution in [3.05, 3.63) is 60.7 Å². The summed E-state index contributed by atoms with van der Waals surface area (Å²) in [7, 11) is 0. The molecule has 2 rings (SSSR count). The van der Waals surface area contributed by atoms with Gasteiger partial charge in [-0.05, 0) is 24.3 Å². The smallest absolute Gasteiger partial charge is 0.119 e. The Hall–Kier alpha value is -2.78. The Balaban J connectivity index is 1.81. The first-order valence-corrected chi connectivity index (χ1v) is 7.98.